The lowest BCUT2D eigenvalue weighted by molar-refractivity contribution is -0.0473. The van der Waals surface area contributed by atoms with Gasteiger partial charge in [-0.05, 0) is 69.3 Å². The highest BCUT2D eigenvalue weighted by atomic mass is 16.5. The van der Waals surface area contributed by atoms with Crippen LogP contribution in [0.2, 0.25) is 0 Å². The first-order valence-electron chi connectivity index (χ1n) is 11.6. The van der Waals surface area contributed by atoms with E-state index < -0.39 is 0 Å². The molecule has 0 amide bonds. The highest BCUT2D eigenvalue weighted by Crippen LogP contribution is 2.45. The number of hydrogen-bond acceptors (Lipinski definition) is 4. The van der Waals surface area contributed by atoms with Crippen molar-refractivity contribution in [1.82, 2.24) is 5.32 Å². The molecule has 0 bridgehead atoms. The van der Waals surface area contributed by atoms with Gasteiger partial charge in [0.15, 0.2) is 0 Å². The number of nitrogens with one attached hydrogen (secondary N) is 1. The van der Waals surface area contributed by atoms with Gasteiger partial charge in [0.2, 0.25) is 0 Å². The molecule has 1 N–H and O–H groups in total. The highest BCUT2D eigenvalue weighted by Gasteiger charge is 2.40. The molecule has 0 aliphatic carbocycles. The third-order valence-electron chi connectivity index (χ3n) is 6.33. The summed E-state index contributed by atoms with van der Waals surface area (Å²) in [5.74, 6) is 2.43. The van der Waals surface area contributed by atoms with Gasteiger partial charge in [-0.3, -0.25) is 0 Å². The lowest BCUT2D eigenvalue weighted by Crippen LogP contribution is -2.42. The Bertz CT molecular complexity index is 802. The zero-order valence-electron chi connectivity index (χ0n) is 19.8. The number of hydrogen-bond donors (Lipinski definition) is 1. The van der Waals surface area contributed by atoms with Gasteiger partial charge in [-0.25, -0.2) is 0 Å². The Hall–Kier alpha value is -2.04. The third-order valence-corrected chi connectivity index (χ3v) is 6.33. The second-order valence-electron chi connectivity index (χ2n) is 9.33. The highest BCUT2D eigenvalue weighted by molar-refractivity contribution is 5.40. The largest absolute Gasteiger partial charge is 0.496 e. The van der Waals surface area contributed by atoms with Crippen LogP contribution in [0.5, 0.6) is 11.5 Å². The summed E-state index contributed by atoms with van der Waals surface area (Å²) in [6.45, 7) is 11.2. The van der Waals surface area contributed by atoms with Crippen molar-refractivity contribution < 1.29 is 14.2 Å². The fourth-order valence-corrected chi connectivity index (χ4v) is 4.59. The Morgan fingerprint density at radius 3 is 2.48 bits per heavy atom. The maximum absolute atomic E-state index is 6.13. The molecule has 170 valence electrons. The van der Waals surface area contributed by atoms with Crippen molar-refractivity contribution in [3.8, 4) is 11.5 Å². The van der Waals surface area contributed by atoms with E-state index in [1.807, 2.05) is 13.8 Å². The van der Waals surface area contributed by atoms with Crippen molar-refractivity contribution in [2.24, 2.45) is 5.92 Å². The Morgan fingerprint density at radius 1 is 1.06 bits per heavy atom. The van der Waals surface area contributed by atoms with Crippen molar-refractivity contribution in [1.29, 1.82) is 0 Å². The summed E-state index contributed by atoms with van der Waals surface area (Å²) in [5, 5.41) is 3.66. The first kappa shape index (κ1) is 23.6. The summed E-state index contributed by atoms with van der Waals surface area (Å²) in [4.78, 5) is 0. The van der Waals surface area contributed by atoms with Crippen molar-refractivity contribution >= 4 is 0 Å². The molecule has 1 heterocycles. The standard InChI is InChI=1S/C27H39NO3/c1-20(2)26-18-27(15-17-30-26,24-8-6-7-9-25(24)29-5)14-16-28-19-22-10-12-23(13-11-22)31-21(3)4/h6-13,20-21,26,28H,14-19H2,1-5H3/t26-,27-/m1/s1. The van der Waals surface area contributed by atoms with Crippen LogP contribution in [-0.4, -0.2) is 32.5 Å². The van der Waals surface area contributed by atoms with Crippen LogP contribution in [0.25, 0.3) is 0 Å². The second kappa shape index (κ2) is 11.0. The van der Waals surface area contributed by atoms with E-state index >= 15 is 0 Å². The van der Waals surface area contributed by atoms with Crippen molar-refractivity contribution in [2.75, 3.05) is 20.3 Å². The summed E-state index contributed by atoms with van der Waals surface area (Å²) >= 11 is 0. The lowest BCUT2D eigenvalue weighted by Gasteiger charge is -2.43. The van der Waals surface area contributed by atoms with Gasteiger partial charge in [0.05, 0.1) is 19.3 Å². The first-order valence-corrected chi connectivity index (χ1v) is 11.6. The van der Waals surface area contributed by atoms with Crippen LogP contribution in [0.1, 0.15) is 58.1 Å². The Kier molecular flexibility index (Phi) is 8.39. The third kappa shape index (κ3) is 6.24. The molecular formula is C27H39NO3. The molecule has 0 spiro atoms. The summed E-state index contributed by atoms with van der Waals surface area (Å²) in [7, 11) is 1.77. The monoisotopic (exact) mass is 425 g/mol. The molecule has 4 heteroatoms. The molecule has 1 saturated heterocycles. The number of para-hydroxylation sites is 1. The summed E-state index contributed by atoms with van der Waals surface area (Å²) in [6, 6.07) is 16.9. The fourth-order valence-electron chi connectivity index (χ4n) is 4.59. The Labute approximate surface area is 188 Å². The molecule has 1 aliphatic rings. The molecule has 2 aromatic rings. The predicted octanol–water partition coefficient (Wildman–Crippen LogP) is 5.74. The molecule has 2 atom stereocenters. The van der Waals surface area contributed by atoms with Crippen molar-refractivity contribution in [3.05, 3.63) is 59.7 Å². The topological polar surface area (TPSA) is 39.7 Å². The van der Waals surface area contributed by atoms with E-state index in [-0.39, 0.29) is 17.6 Å². The molecule has 0 radical (unpaired) electrons. The fraction of sp³-hybridized carbons (Fsp3) is 0.556. The van der Waals surface area contributed by atoms with Gasteiger partial charge in [-0.15, -0.1) is 0 Å². The predicted molar refractivity (Wildman–Crippen MR) is 127 cm³/mol. The van der Waals surface area contributed by atoms with Gasteiger partial charge in [0, 0.05) is 24.1 Å². The van der Waals surface area contributed by atoms with E-state index in [1.54, 1.807) is 7.11 Å². The molecule has 0 unspecified atom stereocenters. The molecule has 31 heavy (non-hydrogen) atoms. The SMILES string of the molecule is COc1ccccc1[C@]1(CCNCc2ccc(OC(C)C)cc2)CCO[C@@H](C(C)C)C1. The number of ether oxygens (including phenoxy) is 3. The van der Waals surface area contributed by atoms with Crippen LogP contribution in [0.15, 0.2) is 48.5 Å². The van der Waals surface area contributed by atoms with Crippen molar-refractivity contribution in [2.45, 2.75) is 71.1 Å². The van der Waals surface area contributed by atoms with Crippen LogP contribution >= 0.6 is 0 Å². The normalized spacial score (nSPS) is 21.5. The molecule has 2 aromatic carbocycles. The molecule has 1 aliphatic heterocycles. The van der Waals surface area contributed by atoms with Gasteiger partial charge in [-0.1, -0.05) is 44.2 Å². The summed E-state index contributed by atoms with van der Waals surface area (Å²) in [6.07, 6.45) is 3.61. The van der Waals surface area contributed by atoms with Gasteiger partial charge in [0.1, 0.15) is 11.5 Å². The second-order valence-corrected chi connectivity index (χ2v) is 9.33. The van der Waals surface area contributed by atoms with Gasteiger partial charge >= 0.3 is 0 Å². The first-order chi connectivity index (χ1) is 14.9. The van der Waals surface area contributed by atoms with Gasteiger partial charge in [-0.2, -0.15) is 0 Å². The Morgan fingerprint density at radius 2 is 1.81 bits per heavy atom. The number of rotatable bonds is 10. The van der Waals surface area contributed by atoms with Crippen LogP contribution < -0.4 is 14.8 Å². The zero-order valence-corrected chi connectivity index (χ0v) is 19.8. The minimum atomic E-state index is 0.0712. The van der Waals surface area contributed by atoms with E-state index in [9.17, 15) is 0 Å². The van der Waals surface area contributed by atoms with Crippen LogP contribution in [-0.2, 0) is 16.7 Å². The molecule has 3 rings (SSSR count). The molecular weight excluding hydrogens is 386 g/mol. The van der Waals surface area contributed by atoms with E-state index in [4.69, 9.17) is 14.2 Å². The quantitative estimate of drug-likeness (QED) is 0.493. The zero-order chi connectivity index (χ0) is 22.3. The average molecular weight is 426 g/mol. The Balaban J connectivity index is 1.67. The lowest BCUT2D eigenvalue weighted by atomic mass is 9.68. The van der Waals surface area contributed by atoms with E-state index in [1.165, 1.54) is 11.1 Å². The van der Waals surface area contributed by atoms with Crippen molar-refractivity contribution in [3.63, 3.8) is 0 Å². The van der Waals surface area contributed by atoms with E-state index in [0.29, 0.717) is 5.92 Å². The molecule has 0 saturated carbocycles. The minimum Gasteiger partial charge on any atom is -0.496 e. The van der Waals surface area contributed by atoms with Crippen LogP contribution in [0, 0.1) is 5.92 Å². The molecule has 1 fully saturated rings. The molecule has 0 aromatic heterocycles. The summed E-state index contributed by atoms with van der Waals surface area (Å²) < 4.78 is 17.6. The molecule has 4 nitrogen and oxygen atoms in total. The van der Waals surface area contributed by atoms with Gasteiger partial charge in [0.25, 0.3) is 0 Å². The van der Waals surface area contributed by atoms with Gasteiger partial charge < -0.3 is 19.5 Å². The van der Waals surface area contributed by atoms with Crippen LogP contribution in [0.3, 0.4) is 0 Å². The minimum absolute atomic E-state index is 0.0712. The summed E-state index contributed by atoms with van der Waals surface area (Å²) in [5.41, 5.74) is 2.67. The van der Waals surface area contributed by atoms with E-state index in [0.717, 1.165) is 50.5 Å². The maximum Gasteiger partial charge on any atom is 0.122 e. The smallest absolute Gasteiger partial charge is 0.122 e. The van der Waals surface area contributed by atoms with Crippen LogP contribution in [0.4, 0.5) is 0 Å². The number of benzene rings is 2. The average Bonchev–Trinajstić information content (AvgIpc) is 2.77. The number of methoxy groups -OCH3 is 1. The van der Waals surface area contributed by atoms with E-state index in [2.05, 4.69) is 67.7 Å². The maximum atomic E-state index is 6.13.